The van der Waals surface area contributed by atoms with Crippen molar-refractivity contribution in [2.45, 2.75) is 13.3 Å². The SMILES string of the molecule is CCCOc1cccc(C(=O)Nc2c(C(N)=O)oc3ccc(F)cc23)c1. The second-order valence-corrected chi connectivity index (χ2v) is 5.64. The molecule has 0 aliphatic carbocycles. The largest absolute Gasteiger partial charge is 0.494 e. The standard InChI is InChI=1S/C19H17FN2O4/c1-2-8-25-13-5-3-4-11(9-13)19(24)22-16-14-10-12(20)6-7-15(14)26-17(16)18(21)23/h3-7,9-10H,2,8H2,1H3,(H2,21,23)(H,22,24). The van der Waals surface area contributed by atoms with Gasteiger partial charge in [0.2, 0.25) is 5.76 Å². The molecule has 0 aliphatic heterocycles. The zero-order valence-electron chi connectivity index (χ0n) is 14.0. The topological polar surface area (TPSA) is 94.6 Å². The van der Waals surface area contributed by atoms with Crippen LogP contribution in [0.1, 0.15) is 34.3 Å². The lowest BCUT2D eigenvalue weighted by Crippen LogP contribution is -2.17. The first-order valence-electron chi connectivity index (χ1n) is 8.05. The fourth-order valence-electron chi connectivity index (χ4n) is 2.50. The van der Waals surface area contributed by atoms with Gasteiger partial charge in [-0.15, -0.1) is 0 Å². The molecule has 0 atom stereocenters. The second-order valence-electron chi connectivity index (χ2n) is 5.64. The van der Waals surface area contributed by atoms with Gasteiger partial charge < -0.3 is 20.2 Å². The minimum Gasteiger partial charge on any atom is -0.494 e. The van der Waals surface area contributed by atoms with Crippen LogP contribution >= 0.6 is 0 Å². The number of ether oxygens (including phenoxy) is 1. The van der Waals surface area contributed by atoms with Gasteiger partial charge in [0.25, 0.3) is 11.8 Å². The van der Waals surface area contributed by atoms with Gasteiger partial charge in [-0.3, -0.25) is 9.59 Å². The summed E-state index contributed by atoms with van der Waals surface area (Å²) in [5.41, 5.74) is 5.92. The number of anilines is 1. The third kappa shape index (κ3) is 3.51. The van der Waals surface area contributed by atoms with Crippen LogP contribution in [0.4, 0.5) is 10.1 Å². The smallest absolute Gasteiger partial charge is 0.286 e. The van der Waals surface area contributed by atoms with E-state index in [4.69, 9.17) is 14.9 Å². The Hall–Kier alpha value is -3.35. The molecular weight excluding hydrogens is 339 g/mol. The molecule has 2 amide bonds. The maximum atomic E-state index is 13.6. The van der Waals surface area contributed by atoms with Gasteiger partial charge in [0.15, 0.2) is 0 Å². The summed E-state index contributed by atoms with van der Waals surface area (Å²) >= 11 is 0. The molecular formula is C19H17FN2O4. The number of rotatable bonds is 6. The third-order valence-electron chi connectivity index (χ3n) is 3.68. The van der Waals surface area contributed by atoms with Gasteiger partial charge in [0, 0.05) is 10.9 Å². The molecule has 0 unspecified atom stereocenters. The van der Waals surface area contributed by atoms with Gasteiger partial charge in [0.05, 0.1) is 6.61 Å². The summed E-state index contributed by atoms with van der Waals surface area (Å²) in [6.07, 6.45) is 0.838. The molecule has 1 heterocycles. The molecule has 3 aromatic rings. The van der Waals surface area contributed by atoms with Crippen LogP contribution in [0.15, 0.2) is 46.9 Å². The molecule has 0 saturated carbocycles. The monoisotopic (exact) mass is 356 g/mol. The van der Waals surface area contributed by atoms with Crippen molar-refractivity contribution in [1.82, 2.24) is 0 Å². The Kier molecular flexibility index (Phi) is 4.88. The summed E-state index contributed by atoms with van der Waals surface area (Å²) in [4.78, 5) is 24.2. The molecule has 0 aliphatic rings. The molecule has 26 heavy (non-hydrogen) atoms. The van der Waals surface area contributed by atoms with Crippen molar-refractivity contribution in [3.63, 3.8) is 0 Å². The highest BCUT2D eigenvalue weighted by atomic mass is 19.1. The molecule has 0 fully saturated rings. The van der Waals surface area contributed by atoms with E-state index in [1.165, 1.54) is 18.2 Å². The summed E-state index contributed by atoms with van der Waals surface area (Å²) in [6, 6.07) is 10.3. The van der Waals surface area contributed by atoms with E-state index >= 15 is 0 Å². The van der Waals surface area contributed by atoms with Crippen molar-refractivity contribution in [3.8, 4) is 5.75 Å². The molecule has 2 aromatic carbocycles. The molecule has 7 heteroatoms. The van der Waals surface area contributed by atoms with Crippen LogP contribution < -0.4 is 15.8 Å². The first kappa shape index (κ1) is 17.5. The number of carbonyl (C=O) groups is 2. The molecule has 0 saturated heterocycles. The maximum Gasteiger partial charge on any atom is 0.286 e. The minimum absolute atomic E-state index is 0.0388. The highest BCUT2D eigenvalue weighted by Crippen LogP contribution is 2.32. The van der Waals surface area contributed by atoms with Gasteiger partial charge in [-0.05, 0) is 42.8 Å². The van der Waals surface area contributed by atoms with E-state index in [9.17, 15) is 14.0 Å². The summed E-state index contributed by atoms with van der Waals surface area (Å²) in [6.45, 7) is 2.51. The summed E-state index contributed by atoms with van der Waals surface area (Å²) in [5.74, 6) is -1.58. The van der Waals surface area contributed by atoms with E-state index in [-0.39, 0.29) is 22.4 Å². The molecule has 0 spiro atoms. The average molecular weight is 356 g/mol. The van der Waals surface area contributed by atoms with E-state index in [0.29, 0.717) is 17.9 Å². The van der Waals surface area contributed by atoms with Gasteiger partial charge >= 0.3 is 0 Å². The van der Waals surface area contributed by atoms with Gasteiger partial charge in [-0.25, -0.2) is 4.39 Å². The molecule has 0 bridgehead atoms. The Morgan fingerprint density at radius 3 is 2.77 bits per heavy atom. The number of primary amides is 1. The quantitative estimate of drug-likeness (QED) is 0.704. The van der Waals surface area contributed by atoms with Crippen molar-refractivity contribution in [1.29, 1.82) is 0 Å². The van der Waals surface area contributed by atoms with Crippen molar-refractivity contribution < 1.29 is 23.1 Å². The fraction of sp³-hybridized carbons (Fsp3) is 0.158. The number of halogens is 1. The molecule has 134 valence electrons. The third-order valence-corrected chi connectivity index (χ3v) is 3.68. The highest BCUT2D eigenvalue weighted by Gasteiger charge is 2.21. The van der Waals surface area contributed by atoms with E-state index in [0.717, 1.165) is 6.42 Å². The highest BCUT2D eigenvalue weighted by molar-refractivity contribution is 6.14. The Bertz CT molecular complexity index is 981. The second kappa shape index (κ2) is 7.26. The predicted molar refractivity (Wildman–Crippen MR) is 94.9 cm³/mol. The number of nitrogens with two attached hydrogens (primary N) is 1. The number of hydrogen-bond acceptors (Lipinski definition) is 4. The zero-order valence-corrected chi connectivity index (χ0v) is 14.0. The summed E-state index contributed by atoms with van der Waals surface area (Å²) in [5, 5.41) is 2.84. The zero-order chi connectivity index (χ0) is 18.7. The van der Waals surface area contributed by atoms with E-state index in [1.54, 1.807) is 24.3 Å². The van der Waals surface area contributed by atoms with Crippen LogP contribution in [0, 0.1) is 5.82 Å². The summed E-state index contributed by atoms with van der Waals surface area (Å²) in [7, 11) is 0. The Morgan fingerprint density at radius 1 is 1.23 bits per heavy atom. The number of hydrogen-bond donors (Lipinski definition) is 2. The van der Waals surface area contributed by atoms with Crippen LogP contribution in [0.3, 0.4) is 0 Å². The Labute approximate surface area is 148 Å². The maximum absolute atomic E-state index is 13.6. The number of amides is 2. The first-order valence-corrected chi connectivity index (χ1v) is 8.05. The van der Waals surface area contributed by atoms with Crippen LogP contribution in [0.5, 0.6) is 5.75 Å². The van der Waals surface area contributed by atoms with Crippen molar-refractivity contribution in [2.75, 3.05) is 11.9 Å². The Balaban J connectivity index is 1.95. The van der Waals surface area contributed by atoms with Crippen LogP contribution in [-0.2, 0) is 0 Å². The number of carbonyl (C=O) groups excluding carboxylic acids is 2. The van der Waals surface area contributed by atoms with Crippen molar-refractivity contribution in [3.05, 3.63) is 59.6 Å². The molecule has 1 aromatic heterocycles. The van der Waals surface area contributed by atoms with Gasteiger partial charge in [0.1, 0.15) is 22.8 Å². The molecule has 3 rings (SSSR count). The van der Waals surface area contributed by atoms with Gasteiger partial charge in [-0.1, -0.05) is 13.0 Å². The first-order chi connectivity index (χ1) is 12.5. The fourth-order valence-corrected chi connectivity index (χ4v) is 2.50. The molecule has 0 radical (unpaired) electrons. The van der Waals surface area contributed by atoms with Crippen molar-refractivity contribution >= 4 is 28.5 Å². The number of benzene rings is 2. The average Bonchev–Trinajstić information content (AvgIpc) is 2.98. The molecule has 3 N–H and O–H groups in total. The van der Waals surface area contributed by atoms with Gasteiger partial charge in [-0.2, -0.15) is 0 Å². The van der Waals surface area contributed by atoms with E-state index in [1.807, 2.05) is 6.92 Å². The van der Waals surface area contributed by atoms with E-state index < -0.39 is 17.6 Å². The molecule has 6 nitrogen and oxygen atoms in total. The lowest BCUT2D eigenvalue weighted by Gasteiger charge is -2.08. The number of furan rings is 1. The van der Waals surface area contributed by atoms with E-state index in [2.05, 4.69) is 5.32 Å². The summed E-state index contributed by atoms with van der Waals surface area (Å²) < 4.78 is 24.4. The van der Waals surface area contributed by atoms with Crippen LogP contribution in [-0.4, -0.2) is 18.4 Å². The normalized spacial score (nSPS) is 10.7. The number of nitrogens with one attached hydrogen (secondary N) is 1. The Morgan fingerprint density at radius 2 is 2.04 bits per heavy atom. The lowest BCUT2D eigenvalue weighted by molar-refractivity contribution is 0.0977. The van der Waals surface area contributed by atoms with Crippen molar-refractivity contribution in [2.24, 2.45) is 5.73 Å². The van der Waals surface area contributed by atoms with Crippen LogP contribution in [0.2, 0.25) is 0 Å². The lowest BCUT2D eigenvalue weighted by atomic mass is 10.1. The minimum atomic E-state index is -0.864. The van der Waals surface area contributed by atoms with Crippen LogP contribution in [0.25, 0.3) is 11.0 Å². The number of fused-ring (bicyclic) bond motifs is 1. The predicted octanol–water partition coefficient (Wildman–Crippen LogP) is 3.71.